The molecular weight excluding hydrogens is 162 g/mol. The first-order valence-corrected chi connectivity index (χ1v) is 5.30. The van der Waals surface area contributed by atoms with E-state index < -0.39 is 0 Å². The highest BCUT2D eigenvalue weighted by Crippen LogP contribution is 2.35. The Labute approximate surface area is 82.0 Å². The van der Waals surface area contributed by atoms with Gasteiger partial charge in [-0.25, -0.2) is 0 Å². The van der Waals surface area contributed by atoms with Gasteiger partial charge in [0.05, 0.1) is 5.60 Å². The maximum absolute atomic E-state index is 5.43. The normalized spacial score (nSPS) is 20.3. The van der Waals surface area contributed by atoms with Gasteiger partial charge in [-0.2, -0.15) is 0 Å². The van der Waals surface area contributed by atoms with Crippen molar-refractivity contribution in [2.75, 3.05) is 14.2 Å². The Hall–Kier alpha value is -0.0800. The number of rotatable bonds is 6. The highest BCUT2D eigenvalue weighted by molar-refractivity contribution is 4.84. The molecule has 1 unspecified atom stereocenters. The summed E-state index contributed by atoms with van der Waals surface area (Å²) in [6, 6.07) is 0.627. The van der Waals surface area contributed by atoms with E-state index in [1.165, 1.54) is 19.3 Å². The minimum atomic E-state index is 0.0164. The number of nitrogens with one attached hydrogen (secondary N) is 1. The number of ether oxygens (including phenoxy) is 1. The summed E-state index contributed by atoms with van der Waals surface area (Å²) >= 11 is 0. The third-order valence-electron chi connectivity index (χ3n) is 3.01. The van der Waals surface area contributed by atoms with Gasteiger partial charge >= 0.3 is 0 Å². The fourth-order valence-corrected chi connectivity index (χ4v) is 1.74. The topological polar surface area (TPSA) is 21.3 Å². The van der Waals surface area contributed by atoms with Crippen LogP contribution in [0.25, 0.3) is 0 Å². The van der Waals surface area contributed by atoms with Gasteiger partial charge in [0, 0.05) is 13.2 Å². The van der Waals surface area contributed by atoms with Crippen LogP contribution in [0.1, 0.15) is 39.5 Å². The van der Waals surface area contributed by atoms with Crippen molar-refractivity contribution in [2.45, 2.75) is 51.2 Å². The summed E-state index contributed by atoms with van der Waals surface area (Å²) < 4.78 is 5.43. The Morgan fingerprint density at radius 1 is 1.46 bits per heavy atom. The molecule has 1 atom stereocenters. The van der Waals surface area contributed by atoms with Gasteiger partial charge in [0.1, 0.15) is 0 Å². The van der Waals surface area contributed by atoms with E-state index >= 15 is 0 Å². The quantitative estimate of drug-likeness (QED) is 0.685. The third kappa shape index (κ3) is 4.10. The minimum absolute atomic E-state index is 0.0164. The zero-order valence-electron chi connectivity index (χ0n) is 9.39. The van der Waals surface area contributed by atoms with Crippen LogP contribution in [0.4, 0.5) is 0 Å². The first-order chi connectivity index (χ1) is 6.07. The van der Waals surface area contributed by atoms with Crippen LogP contribution in [0, 0.1) is 5.92 Å². The molecule has 1 saturated carbocycles. The minimum Gasteiger partial charge on any atom is -0.379 e. The van der Waals surface area contributed by atoms with Crippen LogP contribution in [0.3, 0.4) is 0 Å². The molecule has 0 heterocycles. The standard InChI is InChI=1S/C11H23NO/c1-11(2,13-4)8-10(12-3)7-9-5-6-9/h9-10,12H,5-8H2,1-4H3. The predicted molar refractivity (Wildman–Crippen MR) is 55.9 cm³/mol. The molecule has 0 radical (unpaired) electrons. The highest BCUT2D eigenvalue weighted by atomic mass is 16.5. The maximum atomic E-state index is 5.43. The molecule has 0 aliphatic heterocycles. The van der Waals surface area contributed by atoms with E-state index in [1.807, 2.05) is 0 Å². The van der Waals surface area contributed by atoms with E-state index in [0.29, 0.717) is 6.04 Å². The van der Waals surface area contributed by atoms with Crippen molar-refractivity contribution in [3.63, 3.8) is 0 Å². The highest BCUT2D eigenvalue weighted by Gasteiger charge is 2.28. The lowest BCUT2D eigenvalue weighted by Crippen LogP contribution is -2.36. The van der Waals surface area contributed by atoms with Gasteiger partial charge < -0.3 is 10.1 Å². The summed E-state index contributed by atoms with van der Waals surface area (Å²) in [5.74, 6) is 0.991. The molecular formula is C11H23NO. The van der Waals surface area contributed by atoms with Gasteiger partial charge in [0.2, 0.25) is 0 Å². The van der Waals surface area contributed by atoms with Crippen LogP contribution < -0.4 is 5.32 Å². The molecule has 0 spiro atoms. The molecule has 0 aromatic rings. The van der Waals surface area contributed by atoms with Gasteiger partial charge in [0.15, 0.2) is 0 Å². The van der Waals surface area contributed by atoms with Crippen molar-refractivity contribution < 1.29 is 4.74 Å². The zero-order valence-corrected chi connectivity index (χ0v) is 9.39. The molecule has 1 N–H and O–H groups in total. The molecule has 1 aliphatic rings. The second-order valence-electron chi connectivity index (χ2n) is 4.83. The van der Waals surface area contributed by atoms with Crippen molar-refractivity contribution in [3.05, 3.63) is 0 Å². The molecule has 2 nitrogen and oxygen atoms in total. The summed E-state index contributed by atoms with van der Waals surface area (Å²) in [4.78, 5) is 0. The number of methoxy groups -OCH3 is 1. The molecule has 0 aromatic carbocycles. The van der Waals surface area contributed by atoms with E-state index in [1.54, 1.807) is 7.11 Å². The molecule has 0 bridgehead atoms. The molecule has 1 rings (SSSR count). The Morgan fingerprint density at radius 2 is 2.08 bits per heavy atom. The first-order valence-electron chi connectivity index (χ1n) is 5.30. The van der Waals surface area contributed by atoms with Crippen LogP contribution in [0.2, 0.25) is 0 Å². The van der Waals surface area contributed by atoms with Crippen molar-refractivity contribution in [1.82, 2.24) is 5.32 Å². The van der Waals surface area contributed by atoms with Gasteiger partial charge in [-0.3, -0.25) is 0 Å². The molecule has 0 aromatic heterocycles. The molecule has 0 amide bonds. The SMILES string of the molecule is CNC(CC1CC1)CC(C)(C)OC. The predicted octanol–water partition coefficient (Wildman–Crippen LogP) is 2.19. The van der Waals surface area contributed by atoms with Crippen LogP contribution >= 0.6 is 0 Å². The molecule has 2 heteroatoms. The lowest BCUT2D eigenvalue weighted by molar-refractivity contribution is 0.00658. The largest absolute Gasteiger partial charge is 0.379 e. The van der Waals surface area contributed by atoms with E-state index in [0.717, 1.165) is 12.3 Å². The molecule has 0 saturated heterocycles. The van der Waals surface area contributed by atoms with Gasteiger partial charge in [-0.05, 0) is 39.7 Å². The second-order valence-corrected chi connectivity index (χ2v) is 4.83. The van der Waals surface area contributed by atoms with Crippen molar-refractivity contribution >= 4 is 0 Å². The Bertz CT molecular complexity index is 152. The Balaban J connectivity index is 2.28. The van der Waals surface area contributed by atoms with Gasteiger partial charge in [-0.15, -0.1) is 0 Å². The Morgan fingerprint density at radius 3 is 2.46 bits per heavy atom. The average molecular weight is 185 g/mol. The van der Waals surface area contributed by atoms with Crippen LogP contribution in [0.5, 0.6) is 0 Å². The molecule has 13 heavy (non-hydrogen) atoms. The summed E-state index contributed by atoms with van der Waals surface area (Å²) in [5, 5.41) is 3.38. The fourth-order valence-electron chi connectivity index (χ4n) is 1.74. The average Bonchev–Trinajstić information content (AvgIpc) is 2.87. The lowest BCUT2D eigenvalue weighted by atomic mass is 9.95. The second kappa shape index (κ2) is 4.43. The monoisotopic (exact) mass is 185 g/mol. The van der Waals surface area contributed by atoms with Crippen molar-refractivity contribution in [2.24, 2.45) is 5.92 Å². The summed E-state index contributed by atoms with van der Waals surface area (Å²) in [5.41, 5.74) is 0.0164. The molecule has 1 aliphatic carbocycles. The number of hydrogen-bond acceptors (Lipinski definition) is 2. The Kier molecular flexibility index (Phi) is 3.74. The third-order valence-corrected chi connectivity index (χ3v) is 3.01. The van der Waals surface area contributed by atoms with Crippen LogP contribution in [-0.4, -0.2) is 25.8 Å². The number of hydrogen-bond donors (Lipinski definition) is 1. The van der Waals surface area contributed by atoms with Crippen molar-refractivity contribution in [3.8, 4) is 0 Å². The van der Waals surface area contributed by atoms with E-state index in [9.17, 15) is 0 Å². The summed E-state index contributed by atoms with van der Waals surface area (Å²) in [7, 11) is 3.85. The van der Waals surface area contributed by atoms with Gasteiger partial charge in [0.25, 0.3) is 0 Å². The van der Waals surface area contributed by atoms with Crippen molar-refractivity contribution in [1.29, 1.82) is 0 Å². The zero-order chi connectivity index (χ0) is 9.90. The maximum Gasteiger partial charge on any atom is 0.0637 e. The fraction of sp³-hybridized carbons (Fsp3) is 1.00. The van der Waals surface area contributed by atoms with E-state index in [4.69, 9.17) is 4.74 Å². The van der Waals surface area contributed by atoms with Gasteiger partial charge in [-0.1, -0.05) is 12.8 Å². The van der Waals surface area contributed by atoms with E-state index in [-0.39, 0.29) is 5.60 Å². The van der Waals surface area contributed by atoms with Crippen LogP contribution in [0.15, 0.2) is 0 Å². The molecule has 78 valence electrons. The lowest BCUT2D eigenvalue weighted by Gasteiger charge is -2.28. The molecule has 1 fully saturated rings. The van der Waals surface area contributed by atoms with Crippen LogP contribution in [-0.2, 0) is 4.74 Å². The van der Waals surface area contributed by atoms with E-state index in [2.05, 4.69) is 26.2 Å². The smallest absolute Gasteiger partial charge is 0.0637 e. The summed E-state index contributed by atoms with van der Waals surface area (Å²) in [6.45, 7) is 4.31. The first kappa shape index (κ1) is 11.0. The summed E-state index contributed by atoms with van der Waals surface area (Å²) in [6.07, 6.45) is 5.30.